The van der Waals surface area contributed by atoms with E-state index < -0.39 is 0 Å². The van der Waals surface area contributed by atoms with Crippen LogP contribution in [-0.2, 0) is 11.8 Å². The molecule has 6 heteroatoms. The van der Waals surface area contributed by atoms with E-state index in [-0.39, 0.29) is 6.10 Å². The molecule has 1 saturated heterocycles. The number of hydrogen-bond acceptors (Lipinski definition) is 4. The summed E-state index contributed by atoms with van der Waals surface area (Å²) in [6.45, 7) is 4.47. The molecule has 0 spiro atoms. The third-order valence-corrected chi connectivity index (χ3v) is 3.17. The van der Waals surface area contributed by atoms with Gasteiger partial charge in [-0.1, -0.05) is 0 Å². The Balaban J connectivity index is 1.98. The SMILES string of the molecule is Cc1nn(C)cc1-n1cncc1C1CNCCO1. The van der Waals surface area contributed by atoms with Crippen molar-refractivity contribution < 1.29 is 4.74 Å². The molecule has 0 saturated carbocycles. The Morgan fingerprint density at radius 1 is 1.50 bits per heavy atom. The van der Waals surface area contributed by atoms with Crippen LogP contribution in [0.25, 0.3) is 5.69 Å². The van der Waals surface area contributed by atoms with Crippen molar-refractivity contribution in [2.75, 3.05) is 19.7 Å². The molecule has 18 heavy (non-hydrogen) atoms. The minimum atomic E-state index is 0.0563. The average molecular weight is 247 g/mol. The minimum Gasteiger partial charge on any atom is -0.369 e. The summed E-state index contributed by atoms with van der Waals surface area (Å²) in [6, 6.07) is 0. The maximum atomic E-state index is 5.78. The fraction of sp³-hybridized carbons (Fsp3) is 0.500. The second-order valence-electron chi connectivity index (χ2n) is 4.53. The quantitative estimate of drug-likeness (QED) is 0.843. The number of ether oxygens (including phenoxy) is 1. The number of aryl methyl sites for hydroxylation is 2. The highest BCUT2D eigenvalue weighted by Crippen LogP contribution is 2.22. The molecule has 6 nitrogen and oxygen atoms in total. The van der Waals surface area contributed by atoms with Crippen molar-refractivity contribution in [3.8, 4) is 5.69 Å². The smallest absolute Gasteiger partial charge is 0.112 e. The van der Waals surface area contributed by atoms with Gasteiger partial charge in [0, 0.05) is 26.3 Å². The van der Waals surface area contributed by atoms with Crippen LogP contribution < -0.4 is 5.32 Å². The highest BCUT2D eigenvalue weighted by Gasteiger charge is 2.21. The number of morpholine rings is 1. The van der Waals surface area contributed by atoms with Gasteiger partial charge < -0.3 is 10.1 Å². The number of imidazole rings is 1. The first kappa shape index (κ1) is 11.4. The van der Waals surface area contributed by atoms with Crippen LogP contribution in [0.15, 0.2) is 18.7 Å². The number of nitrogens with zero attached hydrogens (tertiary/aromatic N) is 4. The van der Waals surface area contributed by atoms with Crippen molar-refractivity contribution in [1.29, 1.82) is 0 Å². The van der Waals surface area contributed by atoms with Crippen LogP contribution in [0.3, 0.4) is 0 Å². The van der Waals surface area contributed by atoms with Gasteiger partial charge in [0.1, 0.15) is 6.10 Å². The standard InChI is InChI=1S/C12H17N5O/c1-9-11(7-16(2)15-9)17-8-14-5-10(17)12-6-13-3-4-18-12/h5,7-8,12-13H,3-4,6H2,1-2H3. The first-order valence-electron chi connectivity index (χ1n) is 6.11. The van der Waals surface area contributed by atoms with Crippen LogP contribution in [0.5, 0.6) is 0 Å². The fourth-order valence-electron chi connectivity index (χ4n) is 2.32. The number of hydrogen-bond donors (Lipinski definition) is 1. The van der Waals surface area contributed by atoms with E-state index in [0.29, 0.717) is 0 Å². The van der Waals surface area contributed by atoms with Crippen LogP contribution in [0.1, 0.15) is 17.5 Å². The molecule has 2 aromatic rings. The van der Waals surface area contributed by atoms with Gasteiger partial charge >= 0.3 is 0 Å². The Morgan fingerprint density at radius 2 is 2.39 bits per heavy atom. The predicted molar refractivity (Wildman–Crippen MR) is 66.6 cm³/mol. The first-order valence-corrected chi connectivity index (χ1v) is 6.11. The van der Waals surface area contributed by atoms with Gasteiger partial charge in [0.2, 0.25) is 0 Å². The second kappa shape index (κ2) is 4.55. The number of nitrogens with one attached hydrogen (secondary N) is 1. The Hall–Kier alpha value is -1.66. The van der Waals surface area contributed by atoms with E-state index in [1.165, 1.54) is 0 Å². The Morgan fingerprint density at radius 3 is 3.06 bits per heavy atom. The molecule has 0 aliphatic carbocycles. The summed E-state index contributed by atoms with van der Waals surface area (Å²) < 4.78 is 9.65. The van der Waals surface area contributed by atoms with Gasteiger partial charge in [-0.2, -0.15) is 5.10 Å². The maximum absolute atomic E-state index is 5.78. The van der Waals surface area contributed by atoms with Crippen LogP contribution in [-0.4, -0.2) is 39.0 Å². The third-order valence-electron chi connectivity index (χ3n) is 3.17. The lowest BCUT2D eigenvalue weighted by atomic mass is 10.2. The molecule has 1 unspecified atom stereocenters. The lowest BCUT2D eigenvalue weighted by Crippen LogP contribution is -2.34. The van der Waals surface area contributed by atoms with Crippen molar-refractivity contribution in [1.82, 2.24) is 24.6 Å². The van der Waals surface area contributed by atoms with Crippen molar-refractivity contribution >= 4 is 0 Å². The Kier molecular flexibility index (Phi) is 2.89. The van der Waals surface area contributed by atoms with Gasteiger partial charge in [-0.3, -0.25) is 9.25 Å². The largest absolute Gasteiger partial charge is 0.369 e. The summed E-state index contributed by atoms with van der Waals surface area (Å²) >= 11 is 0. The van der Waals surface area contributed by atoms with Gasteiger partial charge in [0.25, 0.3) is 0 Å². The molecule has 0 amide bonds. The fourth-order valence-corrected chi connectivity index (χ4v) is 2.32. The number of aromatic nitrogens is 4. The zero-order valence-electron chi connectivity index (χ0n) is 10.6. The zero-order valence-corrected chi connectivity index (χ0v) is 10.6. The van der Waals surface area contributed by atoms with E-state index in [1.807, 2.05) is 37.4 Å². The second-order valence-corrected chi connectivity index (χ2v) is 4.53. The van der Waals surface area contributed by atoms with Crippen LogP contribution in [0.4, 0.5) is 0 Å². The summed E-state index contributed by atoms with van der Waals surface area (Å²) in [5.41, 5.74) is 3.11. The molecular weight excluding hydrogens is 230 g/mol. The summed E-state index contributed by atoms with van der Waals surface area (Å²) in [4.78, 5) is 4.24. The van der Waals surface area contributed by atoms with E-state index in [0.717, 1.165) is 36.8 Å². The molecule has 0 bridgehead atoms. The van der Waals surface area contributed by atoms with E-state index in [4.69, 9.17) is 4.74 Å². The maximum Gasteiger partial charge on any atom is 0.112 e. The van der Waals surface area contributed by atoms with E-state index >= 15 is 0 Å². The molecule has 0 radical (unpaired) electrons. The van der Waals surface area contributed by atoms with Crippen LogP contribution >= 0.6 is 0 Å². The summed E-state index contributed by atoms with van der Waals surface area (Å²) in [6.07, 6.45) is 5.74. The van der Waals surface area contributed by atoms with E-state index in [2.05, 4.69) is 20.0 Å². The monoisotopic (exact) mass is 247 g/mol. The molecular formula is C12H17N5O. The normalized spacial score (nSPS) is 20.2. The lowest BCUT2D eigenvalue weighted by molar-refractivity contribution is 0.0240. The van der Waals surface area contributed by atoms with Crippen LogP contribution in [0.2, 0.25) is 0 Å². The Bertz CT molecular complexity index is 538. The van der Waals surface area contributed by atoms with Gasteiger partial charge in [-0.15, -0.1) is 0 Å². The van der Waals surface area contributed by atoms with Crippen molar-refractivity contribution in [3.63, 3.8) is 0 Å². The average Bonchev–Trinajstić information content (AvgIpc) is 2.96. The van der Waals surface area contributed by atoms with Gasteiger partial charge in [0.15, 0.2) is 0 Å². The summed E-state index contributed by atoms with van der Waals surface area (Å²) in [7, 11) is 1.92. The molecule has 96 valence electrons. The zero-order chi connectivity index (χ0) is 12.5. The summed E-state index contributed by atoms with van der Waals surface area (Å²) in [5.74, 6) is 0. The minimum absolute atomic E-state index is 0.0563. The molecule has 1 aliphatic rings. The van der Waals surface area contributed by atoms with Gasteiger partial charge in [-0.05, 0) is 6.92 Å². The van der Waals surface area contributed by atoms with Crippen LogP contribution in [0, 0.1) is 6.92 Å². The van der Waals surface area contributed by atoms with Crippen molar-refractivity contribution in [3.05, 3.63) is 30.1 Å². The number of rotatable bonds is 2. The topological polar surface area (TPSA) is 56.9 Å². The lowest BCUT2D eigenvalue weighted by Gasteiger charge is -2.24. The van der Waals surface area contributed by atoms with Gasteiger partial charge in [0.05, 0.1) is 36.2 Å². The van der Waals surface area contributed by atoms with Gasteiger partial charge in [-0.25, -0.2) is 4.98 Å². The van der Waals surface area contributed by atoms with E-state index in [1.54, 1.807) is 0 Å². The van der Waals surface area contributed by atoms with Crippen molar-refractivity contribution in [2.45, 2.75) is 13.0 Å². The highest BCUT2D eigenvalue weighted by atomic mass is 16.5. The molecule has 3 rings (SSSR count). The molecule has 1 aliphatic heterocycles. The molecule has 1 fully saturated rings. The molecule has 2 aromatic heterocycles. The van der Waals surface area contributed by atoms with E-state index in [9.17, 15) is 0 Å². The Labute approximate surface area is 106 Å². The van der Waals surface area contributed by atoms with Crippen molar-refractivity contribution in [2.24, 2.45) is 7.05 Å². The molecule has 0 aromatic carbocycles. The molecule has 1 atom stereocenters. The molecule has 1 N–H and O–H groups in total. The molecule has 3 heterocycles. The predicted octanol–water partition coefficient (Wildman–Crippen LogP) is 0.575. The first-order chi connectivity index (χ1) is 8.75. The third kappa shape index (κ3) is 1.93. The summed E-state index contributed by atoms with van der Waals surface area (Å²) in [5, 5.41) is 7.70. The highest BCUT2D eigenvalue weighted by molar-refractivity contribution is 5.36.